The van der Waals surface area contributed by atoms with E-state index in [1.54, 1.807) is 30.3 Å². The molecule has 1 aromatic rings. The van der Waals surface area contributed by atoms with Gasteiger partial charge in [-0.1, -0.05) is 12.1 Å². The molecule has 0 aliphatic rings. The molecule has 0 heterocycles. The van der Waals surface area contributed by atoms with E-state index in [2.05, 4.69) is 0 Å². The molecule has 5 nitrogen and oxygen atoms in total. The Morgan fingerprint density at radius 1 is 1.32 bits per heavy atom. The van der Waals surface area contributed by atoms with Crippen molar-refractivity contribution in [2.45, 2.75) is 6.92 Å². The fraction of sp³-hybridized carbons (Fsp3) is 0.286. The number of likely N-dealkylation sites (N-methyl/N-ethyl adjacent to an activating group) is 1. The van der Waals surface area contributed by atoms with Gasteiger partial charge in [-0.25, -0.2) is 0 Å². The van der Waals surface area contributed by atoms with Gasteiger partial charge in [0.25, 0.3) is 0 Å². The number of carbonyl (C=O) groups excluding carboxylic acids is 2. The number of aliphatic hydroxyl groups is 1. The molecular formula is C14H18N2O3. The van der Waals surface area contributed by atoms with Crippen molar-refractivity contribution in [1.29, 1.82) is 0 Å². The van der Waals surface area contributed by atoms with Gasteiger partial charge in [-0.15, -0.1) is 0 Å². The topological polar surface area (TPSA) is 83.6 Å². The van der Waals surface area contributed by atoms with Crippen LogP contribution in [0.15, 0.2) is 30.3 Å². The third-order valence-electron chi connectivity index (χ3n) is 2.68. The molecule has 0 saturated heterocycles. The van der Waals surface area contributed by atoms with E-state index in [0.29, 0.717) is 18.7 Å². The Kier molecular flexibility index (Phi) is 5.75. The molecule has 0 aliphatic heterocycles. The fourth-order valence-electron chi connectivity index (χ4n) is 1.58. The number of aliphatic hydroxyl groups excluding tert-OH is 1. The Hall–Kier alpha value is -2.14. The summed E-state index contributed by atoms with van der Waals surface area (Å²) >= 11 is 0. The minimum absolute atomic E-state index is 0.0548. The second-order valence-electron chi connectivity index (χ2n) is 3.96. The molecule has 0 atom stereocenters. The average Bonchev–Trinajstić information content (AvgIpc) is 2.42. The normalized spacial score (nSPS) is 10.6. The molecule has 1 rings (SSSR count). The number of hydrogen-bond acceptors (Lipinski definition) is 3. The van der Waals surface area contributed by atoms with E-state index >= 15 is 0 Å². The standard InChI is InChI=1S/C14H18N2O3/c1-2-16(9-10-17)13(18)8-5-11-3-6-12(7-4-11)14(15)19/h3-8,17H,2,9-10H2,1H3,(H2,15,19)/b8-5+. The third kappa shape index (κ3) is 4.56. The maximum Gasteiger partial charge on any atom is 0.248 e. The lowest BCUT2D eigenvalue weighted by Gasteiger charge is -2.17. The summed E-state index contributed by atoms with van der Waals surface area (Å²) < 4.78 is 0. The van der Waals surface area contributed by atoms with Gasteiger partial charge >= 0.3 is 0 Å². The Balaban J connectivity index is 2.70. The second kappa shape index (κ2) is 7.33. The zero-order valence-electron chi connectivity index (χ0n) is 10.9. The van der Waals surface area contributed by atoms with Crippen molar-refractivity contribution < 1.29 is 14.7 Å². The van der Waals surface area contributed by atoms with E-state index in [-0.39, 0.29) is 12.5 Å². The average molecular weight is 262 g/mol. The predicted octanol–water partition coefficient (Wildman–Crippen LogP) is 0.639. The van der Waals surface area contributed by atoms with Crippen molar-refractivity contribution in [1.82, 2.24) is 4.90 Å². The number of primary amides is 1. The summed E-state index contributed by atoms with van der Waals surface area (Å²) in [5, 5.41) is 8.82. The van der Waals surface area contributed by atoms with Gasteiger partial charge in [-0.2, -0.15) is 0 Å². The van der Waals surface area contributed by atoms with Gasteiger partial charge in [-0.05, 0) is 30.7 Å². The number of nitrogens with zero attached hydrogens (tertiary/aromatic N) is 1. The molecule has 0 unspecified atom stereocenters. The molecular weight excluding hydrogens is 244 g/mol. The highest BCUT2D eigenvalue weighted by molar-refractivity contribution is 5.94. The van der Waals surface area contributed by atoms with Crippen LogP contribution < -0.4 is 5.73 Å². The SMILES string of the molecule is CCN(CCO)C(=O)/C=C/c1ccc(C(N)=O)cc1. The lowest BCUT2D eigenvalue weighted by Crippen LogP contribution is -2.31. The molecule has 0 aliphatic carbocycles. The number of rotatable bonds is 6. The van der Waals surface area contributed by atoms with Crippen molar-refractivity contribution in [3.8, 4) is 0 Å². The third-order valence-corrected chi connectivity index (χ3v) is 2.68. The first-order chi connectivity index (χ1) is 9.08. The van der Waals surface area contributed by atoms with Crippen molar-refractivity contribution >= 4 is 17.9 Å². The molecule has 0 bridgehead atoms. The maximum atomic E-state index is 11.8. The van der Waals surface area contributed by atoms with Crippen LogP contribution in [-0.2, 0) is 4.79 Å². The molecule has 102 valence electrons. The van der Waals surface area contributed by atoms with Crippen molar-refractivity contribution in [3.05, 3.63) is 41.5 Å². The second-order valence-corrected chi connectivity index (χ2v) is 3.96. The Labute approximate surface area is 112 Å². The van der Waals surface area contributed by atoms with Crippen LogP contribution in [0.4, 0.5) is 0 Å². The quantitative estimate of drug-likeness (QED) is 0.738. The van der Waals surface area contributed by atoms with E-state index in [1.165, 1.54) is 11.0 Å². The zero-order chi connectivity index (χ0) is 14.3. The largest absolute Gasteiger partial charge is 0.395 e. The van der Waals surface area contributed by atoms with Gasteiger partial charge in [0.1, 0.15) is 0 Å². The minimum Gasteiger partial charge on any atom is -0.395 e. The fourth-order valence-corrected chi connectivity index (χ4v) is 1.58. The van der Waals surface area contributed by atoms with Gasteiger partial charge < -0.3 is 15.7 Å². The Morgan fingerprint density at radius 2 is 1.95 bits per heavy atom. The smallest absolute Gasteiger partial charge is 0.248 e. The lowest BCUT2D eigenvalue weighted by molar-refractivity contribution is -0.126. The molecule has 0 aromatic heterocycles. The minimum atomic E-state index is -0.480. The van der Waals surface area contributed by atoms with Crippen LogP contribution in [0.3, 0.4) is 0 Å². The molecule has 1 aromatic carbocycles. The van der Waals surface area contributed by atoms with E-state index in [9.17, 15) is 9.59 Å². The predicted molar refractivity (Wildman–Crippen MR) is 73.3 cm³/mol. The molecule has 0 fully saturated rings. The van der Waals surface area contributed by atoms with Gasteiger partial charge in [0.15, 0.2) is 0 Å². The lowest BCUT2D eigenvalue weighted by atomic mass is 10.1. The summed E-state index contributed by atoms with van der Waals surface area (Å²) in [5.74, 6) is -0.637. The summed E-state index contributed by atoms with van der Waals surface area (Å²) in [7, 11) is 0. The number of carbonyl (C=O) groups is 2. The summed E-state index contributed by atoms with van der Waals surface area (Å²) in [5.41, 5.74) is 6.37. The van der Waals surface area contributed by atoms with Crippen molar-refractivity contribution in [2.24, 2.45) is 5.73 Å². The molecule has 0 saturated carbocycles. The first-order valence-corrected chi connectivity index (χ1v) is 6.06. The van der Waals surface area contributed by atoms with Gasteiger partial charge in [0, 0.05) is 24.7 Å². The van der Waals surface area contributed by atoms with E-state index in [1.807, 2.05) is 6.92 Å². The van der Waals surface area contributed by atoms with Crippen molar-refractivity contribution in [2.75, 3.05) is 19.7 Å². The number of benzene rings is 1. The van der Waals surface area contributed by atoms with E-state index in [0.717, 1.165) is 5.56 Å². The number of nitrogens with two attached hydrogens (primary N) is 1. The molecule has 5 heteroatoms. The first-order valence-electron chi connectivity index (χ1n) is 6.06. The van der Waals surface area contributed by atoms with Crippen LogP contribution >= 0.6 is 0 Å². The van der Waals surface area contributed by atoms with Crippen LogP contribution in [0.25, 0.3) is 6.08 Å². The highest BCUT2D eigenvalue weighted by atomic mass is 16.3. The molecule has 3 N–H and O–H groups in total. The summed E-state index contributed by atoms with van der Waals surface area (Å²) in [6.07, 6.45) is 3.10. The van der Waals surface area contributed by atoms with Crippen LogP contribution in [0, 0.1) is 0 Å². The molecule has 0 radical (unpaired) electrons. The van der Waals surface area contributed by atoms with Crippen molar-refractivity contribution in [3.63, 3.8) is 0 Å². The zero-order valence-corrected chi connectivity index (χ0v) is 10.9. The monoisotopic (exact) mass is 262 g/mol. The molecule has 0 spiro atoms. The first kappa shape index (κ1) is 14.9. The number of hydrogen-bond donors (Lipinski definition) is 2. The maximum absolute atomic E-state index is 11.8. The van der Waals surface area contributed by atoms with Gasteiger partial charge in [0.05, 0.1) is 6.61 Å². The van der Waals surface area contributed by atoms with Crippen LogP contribution in [0.1, 0.15) is 22.8 Å². The van der Waals surface area contributed by atoms with Crippen LogP contribution in [-0.4, -0.2) is 41.5 Å². The molecule has 2 amide bonds. The highest BCUT2D eigenvalue weighted by Crippen LogP contribution is 2.06. The summed E-state index contributed by atoms with van der Waals surface area (Å²) in [6.45, 7) is 2.66. The molecule has 19 heavy (non-hydrogen) atoms. The summed E-state index contributed by atoms with van der Waals surface area (Å²) in [4.78, 5) is 24.2. The van der Waals surface area contributed by atoms with E-state index in [4.69, 9.17) is 10.8 Å². The van der Waals surface area contributed by atoms with Crippen LogP contribution in [0.5, 0.6) is 0 Å². The Bertz CT molecular complexity index is 466. The van der Waals surface area contributed by atoms with Crippen LogP contribution in [0.2, 0.25) is 0 Å². The highest BCUT2D eigenvalue weighted by Gasteiger charge is 2.06. The van der Waals surface area contributed by atoms with Gasteiger partial charge in [-0.3, -0.25) is 9.59 Å². The number of amides is 2. The van der Waals surface area contributed by atoms with E-state index < -0.39 is 5.91 Å². The Morgan fingerprint density at radius 3 is 2.42 bits per heavy atom. The summed E-state index contributed by atoms with van der Waals surface area (Å²) in [6, 6.07) is 6.65. The van der Waals surface area contributed by atoms with Gasteiger partial charge in [0.2, 0.25) is 11.8 Å².